The maximum absolute atomic E-state index is 13.4. The Bertz CT molecular complexity index is 649. The van der Waals surface area contributed by atoms with Crippen molar-refractivity contribution < 1.29 is 14.0 Å². The fourth-order valence-corrected chi connectivity index (χ4v) is 3.70. The molecule has 2 saturated heterocycles. The van der Waals surface area contributed by atoms with Crippen molar-refractivity contribution in [1.29, 1.82) is 0 Å². The Morgan fingerprint density at radius 3 is 2.67 bits per heavy atom. The maximum atomic E-state index is 13.4. The lowest BCUT2D eigenvalue weighted by Gasteiger charge is -2.41. The van der Waals surface area contributed by atoms with Crippen LogP contribution in [0, 0.1) is 11.7 Å². The molecule has 130 valence electrons. The lowest BCUT2D eigenvalue weighted by atomic mass is 9.98. The smallest absolute Gasteiger partial charge is 0.321 e. The largest absolute Gasteiger partial charge is 0.342 e. The van der Waals surface area contributed by atoms with E-state index in [4.69, 9.17) is 0 Å². The van der Waals surface area contributed by atoms with Gasteiger partial charge in [0.05, 0.1) is 6.04 Å². The van der Waals surface area contributed by atoms with E-state index in [0.717, 1.165) is 5.56 Å². The fraction of sp³-hybridized carbons (Fsp3) is 0.556. The van der Waals surface area contributed by atoms with Gasteiger partial charge in [0.1, 0.15) is 11.9 Å². The van der Waals surface area contributed by atoms with Gasteiger partial charge in [0.15, 0.2) is 0 Å². The molecule has 2 fully saturated rings. The minimum Gasteiger partial charge on any atom is -0.342 e. The summed E-state index contributed by atoms with van der Waals surface area (Å²) in [5, 5.41) is 0. The first-order valence-corrected chi connectivity index (χ1v) is 8.43. The number of rotatable bonds is 4. The zero-order chi connectivity index (χ0) is 17.4. The van der Waals surface area contributed by atoms with Crippen molar-refractivity contribution in [2.75, 3.05) is 20.1 Å². The Balaban J connectivity index is 1.80. The summed E-state index contributed by atoms with van der Waals surface area (Å²) in [7, 11) is 1.80. The highest BCUT2D eigenvalue weighted by Crippen LogP contribution is 2.29. The number of fused-ring (bicyclic) bond motifs is 1. The van der Waals surface area contributed by atoms with Crippen LogP contribution in [0.1, 0.15) is 25.8 Å². The van der Waals surface area contributed by atoms with Crippen molar-refractivity contribution in [3.63, 3.8) is 0 Å². The fourth-order valence-electron chi connectivity index (χ4n) is 3.70. The van der Waals surface area contributed by atoms with E-state index >= 15 is 0 Å². The van der Waals surface area contributed by atoms with Crippen molar-refractivity contribution in [1.82, 2.24) is 14.7 Å². The summed E-state index contributed by atoms with van der Waals surface area (Å²) in [5.41, 5.74) is 0.767. The van der Waals surface area contributed by atoms with Gasteiger partial charge in [0.2, 0.25) is 5.91 Å². The highest BCUT2D eigenvalue weighted by atomic mass is 19.1. The zero-order valence-corrected chi connectivity index (χ0v) is 14.4. The molecule has 0 N–H and O–H groups in total. The number of hydrogen-bond acceptors (Lipinski definition) is 2. The van der Waals surface area contributed by atoms with Gasteiger partial charge in [-0.25, -0.2) is 9.18 Å². The number of likely N-dealkylation sites (N-methyl/N-ethyl adjacent to an activating group) is 1. The van der Waals surface area contributed by atoms with Crippen molar-refractivity contribution in [2.45, 2.75) is 38.9 Å². The number of amides is 3. The molecule has 24 heavy (non-hydrogen) atoms. The molecule has 1 aromatic rings. The molecule has 2 atom stereocenters. The first-order valence-electron chi connectivity index (χ1n) is 8.43. The molecule has 0 spiro atoms. The van der Waals surface area contributed by atoms with Crippen LogP contribution >= 0.6 is 0 Å². The Kier molecular flexibility index (Phi) is 4.47. The predicted octanol–water partition coefficient (Wildman–Crippen LogP) is 2.32. The number of benzene rings is 1. The molecular weight excluding hydrogens is 309 g/mol. The summed E-state index contributed by atoms with van der Waals surface area (Å²) in [5.74, 6) is 0.0431. The van der Waals surface area contributed by atoms with Crippen LogP contribution in [-0.4, -0.2) is 58.9 Å². The molecule has 5 nitrogen and oxygen atoms in total. The van der Waals surface area contributed by atoms with Gasteiger partial charge in [-0.05, 0) is 30.0 Å². The molecule has 2 aliphatic rings. The monoisotopic (exact) mass is 333 g/mol. The average Bonchev–Trinajstić information content (AvgIpc) is 2.79. The molecule has 1 aromatic carbocycles. The normalized spacial score (nSPS) is 24.1. The summed E-state index contributed by atoms with van der Waals surface area (Å²) in [6, 6.07) is 5.82. The van der Waals surface area contributed by atoms with Gasteiger partial charge < -0.3 is 14.7 Å². The van der Waals surface area contributed by atoms with Crippen molar-refractivity contribution >= 4 is 11.9 Å². The lowest BCUT2D eigenvalue weighted by Crippen LogP contribution is -2.60. The number of piperazine rings is 1. The van der Waals surface area contributed by atoms with Crippen LogP contribution in [0.15, 0.2) is 24.3 Å². The third kappa shape index (κ3) is 3.09. The van der Waals surface area contributed by atoms with Gasteiger partial charge in [0, 0.05) is 26.7 Å². The van der Waals surface area contributed by atoms with Gasteiger partial charge in [-0.1, -0.05) is 26.0 Å². The van der Waals surface area contributed by atoms with E-state index in [1.54, 1.807) is 27.8 Å². The number of carbonyl (C=O) groups excluding carboxylic acids is 2. The molecule has 0 aliphatic carbocycles. The van der Waals surface area contributed by atoms with Crippen LogP contribution in [-0.2, 0) is 11.3 Å². The van der Waals surface area contributed by atoms with Crippen molar-refractivity contribution in [3.05, 3.63) is 35.6 Å². The number of nitrogens with zero attached hydrogens (tertiary/aromatic N) is 3. The summed E-state index contributed by atoms with van der Waals surface area (Å²) in [4.78, 5) is 30.6. The third-order valence-electron chi connectivity index (χ3n) is 4.75. The lowest BCUT2D eigenvalue weighted by molar-refractivity contribution is -0.140. The molecule has 0 unspecified atom stereocenters. The summed E-state index contributed by atoms with van der Waals surface area (Å²) in [6.07, 6.45) is 0.666. The van der Waals surface area contributed by atoms with Crippen LogP contribution in [0.4, 0.5) is 9.18 Å². The standard InChI is InChI=1S/C18H24FN3O2/c1-12(2)7-16-17(23)20(3)10-15-11-21(18(24)22(15)16)9-13-5-4-6-14(19)8-13/h4-6,8,12,15-16H,7,9-11H2,1-3H3/t15-,16+/m1/s1. The Labute approximate surface area is 142 Å². The molecule has 0 bridgehead atoms. The van der Waals surface area contributed by atoms with Gasteiger partial charge in [0.25, 0.3) is 0 Å². The van der Waals surface area contributed by atoms with Crippen LogP contribution in [0.25, 0.3) is 0 Å². The minimum atomic E-state index is -0.390. The number of hydrogen-bond donors (Lipinski definition) is 0. The van der Waals surface area contributed by atoms with Crippen LogP contribution in [0.5, 0.6) is 0 Å². The second-order valence-corrected chi connectivity index (χ2v) is 7.22. The minimum absolute atomic E-state index is 0.0116. The van der Waals surface area contributed by atoms with Crippen LogP contribution in [0.3, 0.4) is 0 Å². The van der Waals surface area contributed by atoms with E-state index in [-0.39, 0.29) is 23.8 Å². The van der Waals surface area contributed by atoms with E-state index < -0.39 is 6.04 Å². The van der Waals surface area contributed by atoms with Crippen molar-refractivity contribution in [2.24, 2.45) is 5.92 Å². The van der Waals surface area contributed by atoms with Crippen LogP contribution < -0.4 is 0 Å². The van der Waals surface area contributed by atoms with Gasteiger partial charge in [-0.3, -0.25) is 4.79 Å². The molecule has 6 heteroatoms. The molecule has 2 aliphatic heterocycles. The summed E-state index contributed by atoms with van der Waals surface area (Å²) in [6.45, 7) is 5.61. The van der Waals surface area contributed by atoms with E-state index in [2.05, 4.69) is 13.8 Å². The third-order valence-corrected chi connectivity index (χ3v) is 4.75. The zero-order valence-electron chi connectivity index (χ0n) is 14.4. The Hall–Kier alpha value is -2.11. The maximum Gasteiger partial charge on any atom is 0.321 e. The first-order chi connectivity index (χ1) is 11.4. The summed E-state index contributed by atoms with van der Waals surface area (Å²) >= 11 is 0. The van der Waals surface area contributed by atoms with E-state index in [0.29, 0.717) is 32.0 Å². The van der Waals surface area contributed by atoms with E-state index in [1.165, 1.54) is 12.1 Å². The van der Waals surface area contributed by atoms with Gasteiger partial charge in [-0.2, -0.15) is 0 Å². The molecule has 3 amide bonds. The molecule has 2 heterocycles. The Morgan fingerprint density at radius 1 is 1.25 bits per heavy atom. The number of urea groups is 1. The second kappa shape index (κ2) is 6.42. The van der Waals surface area contributed by atoms with E-state index in [9.17, 15) is 14.0 Å². The second-order valence-electron chi connectivity index (χ2n) is 7.22. The predicted molar refractivity (Wildman–Crippen MR) is 88.7 cm³/mol. The number of carbonyl (C=O) groups is 2. The molecular formula is C18H24FN3O2. The molecule has 3 rings (SSSR count). The summed E-state index contributed by atoms with van der Waals surface area (Å²) < 4.78 is 13.4. The van der Waals surface area contributed by atoms with Crippen LogP contribution in [0.2, 0.25) is 0 Å². The molecule has 0 aromatic heterocycles. The highest BCUT2D eigenvalue weighted by molar-refractivity contribution is 5.89. The Morgan fingerprint density at radius 2 is 2.00 bits per heavy atom. The van der Waals surface area contributed by atoms with E-state index in [1.807, 2.05) is 6.07 Å². The quantitative estimate of drug-likeness (QED) is 0.849. The van der Waals surface area contributed by atoms with Gasteiger partial charge in [-0.15, -0.1) is 0 Å². The molecule has 0 radical (unpaired) electrons. The first kappa shape index (κ1) is 16.7. The topological polar surface area (TPSA) is 43.9 Å². The van der Waals surface area contributed by atoms with Gasteiger partial charge >= 0.3 is 6.03 Å². The molecule has 0 saturated carbocycles. The highest BCUT2D eigenvalue weighted by Gasteiger charge is 2.48. The average molecular weight is 333 g/mol. The van der Waals surface area contributed by atoms with Crippen molar-refractivity contribution in [3.8, 4) is 0 Å². The number of halogens is 1. The SMILES string of the molecule is CC(C)C[C@H]1C(=O)N(C)C[C@@H]2CN(Cc3cccc(F)c3)C(=O)N21.